The molecule has 4 heteroatoms. The number of unbranched alkanes of at least 4 members (excludes halogenated alkanes) is 3. The maximum atomic E-state index is 11.4. The van der Waals surface area contributed by atoms with Crippen LogP contribution in [-0.4, -0.2) is 21.9 Å². The number of hydrogen-bond donors (Lipinski definition) is 1. The molecule has 1 aromatic rings. The van der Waals surface area contributed by atoms with Crippen LogP contribution in [0.2, 0.25) is 0 Å². The van der Waals surface area contributed by atoms with E-state index in [1.807, 2.05) is 12.1 Å². The van der Waals surface area contributed by atoms with Gasteiger partial charge in [0.1, 0.15) is 16.8 Å². The lowest BCUT2D eigenvalue weighted by Gasteiger charge is -2.43. The van der Waals surface area contributed by atoms with E-state index in [-0.39, 0.29) is 22.6 Å². The van der Waals surface area contributed by atoms with Gasteiger partial charge < -0.3 is 19.3 Å². The minimum absolute atomic E-state index is 0.144. The van der Waals surface area contributed by atoms with Crippen molar-refractivity contribution in [3.63, 3.8) is 0 Å². The Kier molecular flexibility index (Phi) is 11.8. The quantitative estimate of drug-likeness (QED) is 0.233. The van der Waals surface area contributed by atoms with Crippen molar-refractivity contribution in [2.24, 2.45) is 0 Å². The summed E-state index contributed by atoms with van der Waals surface area (Å²) in [5.74, 6) is 2.25. The first-order valence-electron chi connectivity index (χ1n) is 17.4. The molecule has 1 aromatic carbocycles. The fourth-order valence-electron chi connectivity index (χ4n) is 7.77. The van der Waals surface area contributed by atoms with Crippen molar-refractivity contribution in [2.45, 2.75) is 192 Å². The van der Waals surface area contributed by atoms with Gasteiger partial charge in [-0.05, 0) is 128 Å². The average molecular weight is 557 g/mol. The SMILES string of the molecule is CCCCC1(Oc2ccc(O)c(OC3(CCCC)CCCCC3)c2OC2(CCCC)CCCCC2)CCCCC1. The standard InChI is InChI=1S/C36H60O4/c1-4-7-21-34(24-13-10-14-25-34)38-31-20-19-30(37)32(39-35(22-8-5-2)26-15-11-16-27-35)33(31)40-36(23-9-6-3)28-17-12-18-29-36/h19-20,37H,4-18,21-29H2,1-3H3. The van der Waals surface area contributed by atoms with E-state index in [2.05, 4.69) is 20.8 Å². The minimum atomic E-state index is -0.226. The van der Waals surface area contributed by atoms with Crippen LogP contribution in [0.4, 0.5) is 0 Å². The van der Waals surface area contributed by atoms with E-state index in [1.165, 1.54) is 70.6 Å². The third-order valence-electron chi connectivity index (χ3n) is 10.3. The predicted molar refractivity (Wildman–Crippen MR) is 166 cm³/mol. The fraction of sp³-hybridized carbons (Fsp3) is 0.833. The van der Waals surface area contributed by atoms with Crippen molar-refractivity contribution in [1.29, 1.82) is 0 Å². The number of benzene rings is 1. The molecule has 228 valence electrons. The van der Waals surface area contributed by atoms with Crippen LogP contribution < -0.4 is 14.2 Å². The highest BCUT2D eigenvalue weighted by molar-refractivity contribution is 5.59. The fourth-order valence-corrected chi connectivity index (χ4v) is 7.77. The third-order valence-corrected chi connectivity index (χ3v) is 10.3. The molecule has 3 aliphatic rings. The maximum absolute atomic E-state index is 11.4. The largest absolute Gasteiger partial charge is 0.504 e. The Labute approximate surface area is 245 Å². The molecule has 0 unspecified atom stereocenters. The van der Waals surface area contributed by atoms with Crippen molar-refractivity contribution in [3.8, 4) is 23.0 Å². The lowest BCUT2D eigenvalue weighted by atomic mass is 9.80. The van der Waals surface area contributed by atoms with E-state index in [9.17, 15) is 5.11 Å². The summed E-state index contributed by atoms with van der Waals surface area (Å²) >= 11 is 0. The molecule has 3 fully saturated rings. The van der Waals surface area contributed by atoms with Gasteiger partial charge >= 0.3 is 0 Å². The molecule has 0 spiro atoms. The highest BCUT2D eigenvalue weighted by Crippen LogP contribution is 2.53. The van der Waals surface area contributed by atoms with Gasteiger partial charge in [-0.2, -0.15) is 0 Å². The maximum Gasteiger partial charge on any atom is 0.208 e. The Balaban J connectivity index is 1.76. The van der Waals surface area contributed by atoms with Gasteiger partial charge in [0.05, 0.1) is 0 Å². The molecule has 0 aromatic heterocycles. The molecule has 0 saturated heterocycles. The second kappa shape index (κ2) is 15.1. The van der Waals surface area contributed by atoms with E-state index in [1.54, 1.807) is 0 Å². The summed E-state index contributed by atoms with van der Waals surface area (Å²) in [4.78, 5) is 0. The van der Waals surface area contributed by atoms with Gasteiger partial charge in [-0.1, -0.05) is 59.3 Å². The van der Waals surface area contributed by atoms with E-state index in [0.29, 0.717) is 11.5 Å². The van der Waals surface area contributed by atoms with Crippen LogP contribution in [0.25, 0.3) is 0 Å². The molecule has 0 aliphatic heterocycles. The average Bonchev–Trinajstić information content (AvgIpc) is 2.99. The lowest BCUT2D eigenvalue weighted by molar-refractivity contribution is -0.0177. The molecule has 0 bridgehead atoms. The summed E-state index contributed by atoms with van der Waals surface area (Å²) in [7, 11) is 0. The van der Waals surface area contributed by atoms with Crippen LogP contribution in [-0.2, 0) is 0 Å². The van der Waals surface area contributed by atoms with E-state index < -0.39 is 0 Å². The zero-order valence-electron chi connectivity index (χ0n) is 26.3. The van der Waals surface area contributed by atoms with Gasteiger partial charge in [0.2, 0.25) is 11.5 Å². The zero-order valence-corrected chi connectivity index (χ0v) is 26.3. The van der Waals surface area contributed by atoms with E-state index in [4.69, 9.17) is 14.2 Å². The molecule has 3 aliphatic carbocycles. The van der Waals surface area contributed by atoms with E-state index >= 15 is 0 Å². The lowest BCUT2D eigenvalue weighted by Crippen LogP contribution is -2.41. The number of aromatic hydroxyl groups is 1. The highest BCUT2D eigenvalue weighted by Gasteiger charge is 2.41. The van der Waals surface area contributed by atoms with Crippen LogP contribution >= 0.6 is 0 Å². The number of phenols is 1. The summed E-state index contributed by atoms with van der Waals surface area (Å²) in [5.41, 5.74) is -0.574. The first-order chi connectivity index (χ1) is 19.5. The normalized spacial score (nSPS) is 22.0. The van der Waals surface area contributed by atoms with Gasteiger partial charge in [-0.15, -0.1) is 0 Å². The van der Waals surface area contributed by atoms with Crippen molar-refractivity contribution in [3.05, 3.63) is 12.1 Å². The Bertz CT molecular complexity index is 875. The highest BCUT2D eigenvalue weighted by atomic mass is 16.6. The summed E-state index contributed by atoms with van der Waals surface area (Å²) in [6.07, 6.45) is 27.7. The van der Waals surface area contributed by atoms with Crippen LogP contribution in [0.1, 0.15) is 175 Å². The first kappa shape index (κ1) is 31.4. The van der Waals surface area contributed by atoms with Crippen molar-refractivity contribution in [1.82, 2.24) is 0 Å². The second-order valence-corrected chi connectivity index (χ2v) is 13.6. The number of rotatable bonds is 15. The molecule has 0 atom stereocenters. The molecule has 0 radical (unpaired) electrons. The Morgan fingerprint density at radius 2 is 0.900 bits per heavy atom. The molecule has 4 rings (SSSR count). The smallest absolute Gasteiger partial charge is 0.208 e. The first-order valence-corrected chi connectivity index (χ1v) is 17.4. The number of phenolic OH excluding ortho intramolecular Hbond substituents is 1. The number of hydrogen-bond acceptors (Lipinski definition) is 4. The van der Waals surface area contributed by atoms with Crippen LogP contribution in [0.15, 0.2) is 12.1 Å². The molecule has 40 heavy (non-hydrogen) atoms. The molecular formula is C36H60O4. The topological polar surface area (TPSA) is 47.9 Å². The van der Waals surface area contributed by atoms with Crippen LogP contribution in [0.5, 0.6) is 23.0 Å². The monoisotopic (exact) mass is 556 g/mol. The second-order valence-electron chi connectivity index (χ2n) is 13.6. The van der Waals surface area contributed by atoms with Gasteiger partial charge in [0.15, 0.2) is 11.5 Å². The van der Waals surface area contributed by atoms with Crippen molar-refractivity contribution >= 4 is 0 Å². The molecule has 3 saturated carbocycles. The van der Waals surface area contributed by atoms with Crippen LogP contribution in [0, 0.1) is 0 Å². The van der Waals surface area contributed by atoms with Gasteiger partial charge in [0.25, 0.3) is 0 Å². The van der Waals surface area contributed by atoms with E-state index in [0.717, 1.165) is 89.2 Å². The summed E-state index contributed by atoms with van der Waals surface area (Å²) in [6.45, 7) is 6.81. The van der Waals surface area contributed by atoms with Gasteiger partial charge in [-0.25, -0.2) is 0 Å². The number of ether oxygens (including phenoxy) is 3. The Morgan fingerprint density at radius 3 is 1.30 bits per heavy atom. The summed E-state index contributed by atoms with van der Waals surface area (Å²) < 4.78 is 21.5. The molecule has 0 heterocycles. The molecular weight excluding hydrogens is 496 g/mol. The van der Waals surface area contributed by atoms with Gasteiger partial charge in [0, 0.05) is 0 Å². The predicted octanol–water partition coefficient (Wildman–Crippen LogP) is 11.2. The van der Waals surface area contributed by atoms with Gasteiger partial charge in [-0.3, -0.25) is 0 Å². The molecule has 0 amide bonds. The summed E-state index contributed by atoms with van der Waals surface area (Å²) in [5, 5.41) is 11.4. The van der Waals surface area contributed by atoms with Crippen LogP contribution in [0.3, 0.4) is 0 Å². The third kappa shape index (κ3) is 8.03. The van der Waals surface area contributed by atoms with Crippen molar-refractivity contribution < 1.29 is 19.3 Å². The Hall–Kier alpha value is -1.58. The van der Waals surface area contributed by atoms with Crippen molar-refractivity contribution in [2.75, 3.05) is 0 Å². The zero-order chi connectivity index (χ0) is 28.3. The minimum Gasteiger partial charge on any atom is -0.504 e. The Morgan fingerprint density at radius 1 is 0.525 bits per heavy atom. The molecule has 1 N–H and O–H groups in total. The summed E-state index contributed by atoms with van der Waals surface area (Å²) in [6, 6.07) is 3.79. The molecule has 4 nitrogen and oxygen atoms in total.